The summed E-state index contributed by atoms with van der Waals surface area (Å²) < 4.78 is 27.8. The Kier molecular flexibility index (Phi) is 9.46. The molecule has 2 aromatic rings. The first-order valence-electron chi connectivity index (χ1n) is 13.3. The minimum absolute atomic E-state index is 0.0402. The minimum Gasteiger partial charge on any atom is -0.353 e. The third kappa shape index (κ3) is 6.94. The van der Waals surface area contributed by atoms with Gasteiger partial charge in [-0.2, -0.15) is 4.31 Å². The van der Waals surface area contributed by atoms with Crippen molar-refractivity contribution in [3.05, 3.63) is 64.2 Å². The first-order valence-corrected chi connectivity index (χ1v) is 15.1. The van der Waals surface area contributed by atoms with Crippen LogP contribution in [0.3, 0.4) is 0 Å². The van der Waals surface area contributed by atoms with Gasteiger partial charge in [-0.25, -0.2) is 8.42 Å². The van der Waals surface area contributed by atoms with Gasteiger partial charge in [0.15, 0.2) is 0 Å². The molecule has 1 aliphatic heterocycles. The zero-order valence-electron chi connectivity index (χ0n) is 22.0. The molecule has 2 aliphatic rings. The second-order valence-electron chi connectivity index (χ2n) is 10.5. The molecule has 206 valence electrons. The fourth-order valence-electron chi connectivity index (χ4n) is 5.14. The minimum atomic E-state index is -3.98. The van der Waals surface area contributed by atoms with Crippen molar-refractivity contribution in [2.75, 3.05) is 26.2 Å². The van der Waals surface area contributed by atoms with E-state index in [1.165, 1.54) is 35.4 Å². The topological polar surface area (TPSA) is 108 Å². The third-order valence-corrected chi connectivity index (χ3v) is 9.26. The fraction of sp³-hybridized carbons (Fsp3) is 0.500. The van der Waals surface area contributed by atoms with Crippen LogP contribution in [0.4, 0.5) is 0 Å². The quantitative estimate of drug-likeness (QED) is 0.387. The van der Waals surface area contributed by atoms with E-state index in [1.807, 2.05) is 0 Å². The van der Waals surface area contributed by atoms with Crippen molar-refractivity contribution in [3.63, 3.8) is 0 Å². The summed E-state index contributed by atoms with van der Waals surface area (Å²) in [7, 11) is -3.98. The number of sulfonamides is 1. The van der Waals surface area contributed by atoms with Crippen molar-refractivity contribution < 1.29 is 18.0 Å². The van der Waals surface area contributed by atoms with Gasteiger partial charge in [0.05, 0.1) is 17.4 Å². The highest BCUT2D eigenvalue weighted by Crippen LogP contribution is 2.31. The molecule has 10 heteroatoms. The number of fused-ring (bicyclic) bond motifs is 1. The van der Waals surface area contributed by atoms with E-state index in [2.05, 4.69) is 48.0 Å². The number of carbonyl (C=O) groups excluding carboxylic acids is 2. The van der Waals surface area contributed by atoms with E-state index in [4.69, 9.17) is 11.6 Å². The summed E-state index contributed by atoms with van der Waals surface area (Å²) >= 11 is 5.92. The predicted octanol–water partition coefficient (Wildman–Crippen LogP) is 3.20. The van der Waals surface area contributed by atoms with Crippen LogP contribution >= 0.6 is 11.6 Å². The number of nitrogens with one attached hydrogen (secondary N) is 3. The summed E-state index contributed by atoms with van der Waals surface area (Å²) in [4.78, 5) is 25.9. The number of piperazine rings is 1. The normalized spacial score (nSPS) is 20.2. The highest BCUT2D eigenvalue weighted by atomic mass is 35.5. The molecular formula is C28H37ClN4O4S. The maximum Gasteiger partial charge on any atom is 0.243 e. The van der Waals surface area contributed by atoms with Gasteiger partial charge in [0.2, 0.25) is 21.8 Å². The molecule has 1 heterocycles. The van der Waals surface area contributed by atoms with Crippen LogP contribution in [0.1, 0.15) is 55.8 Å². The average molecular weight is 561 g/mol. The Balaban J connectivity index is 1.43. The number of hydrogen-bond donors (Lipinski definition) is 3. The van der Waals surface area contributed by atoms with Gasteiger partial charge in [0.25, 0.3) is 0 Å². The lowest BCUT2D eigenvalue weighted by Gasteiger charge is -2.34. The number of carbonyl (C=O) groups is 2. The second-order valence-corrected chi connectivity index (χ2v) is 12.8. The standard InChI is InChI=1S/C28H37ClN4O4S/c1-19(2)18-30-13-12-20-6-11-24-21(16-20)4-3-5-25(24)32-27(34)17-26-28(35)31-14-15-33(26)38(36,37)23-9-7-22(29)8-10-23/h6-11,16,19,25-26,30H,3-5,12-15,17-18H2,1-2H3,(H,31,35)(H,32,34)/t25-,26?/m1/s1. The summed E-state index contributed by atoms with van der Waals surface area (Å²) in [6.07, 6.45) is 3.43. The summed E-state index contributed by atoms with van der Waals surface area (Å²) in [6.45, 7) is 6.59. The average Bonchev–Trinajstić information content (AvgIpc) is 2.88. The highest BCUT2D eigenvalue weighted by Gasteiger charge is 2.40. The highest BCUT2D eigenvalue weighted by molar-refractivity contribution is 7.89. The van der Waals surface area contributed by atoms with Crippen LogP contribution in [0, 0.1) is 5.92 Å². The van der Waals surface area contributed by atoms with Crippen molar-refractivity contribution in [1.29, 1.82) is 0 Å². The molecule has 0 bridgehead atoms. The Bertz CT molecular complexity index is 1250. The maximum absolute atomic E-state index is 13.3. The number of halogens is 1. The van der Waals surface area contributed by atoms with Crippen LogP contribution in [-0.2, 0) is 32.5 Å². The van der Waals surface area contributed by atoms with Gasteiger partial charge in [0.1, 0.15) is 6.04 Å². The molecule has 8 nitrogen and oxygen atoms in total. The molecule has 2 atom stereocenters. The molecule has 1 fully saturated rings. The predicted molar refractivity (Wildman–Crippen MR) is 148 cm³/mol. The van der Waals surface area contributed by atoms with Crippen LogP contribution in [0.5, 0.6) is 0 Å². The van der Waals surface area contributed by atoms with Crippen LogP contribution in [0.15, 0.2) is 47.4 Å². The number of hydrogen-bond acceptors (Lipinski definition) is 5. The number of aryl methyl sites for hydroxylation is 1. The largest absolute Gasteiger partial charge is 0.353 e. The zero-order valence-corrected chi connectivity index (χ0v) is 23.6. The lowest BCUT2D eigenvalue weighted by molar-refractivity contribution is -0.132. The molecular weight excluding hydrogens is 524 g/mol. The van der Waals surface area contributed by atoms with Crippen LogP contribution in [0.25, 0.3) is 0 Å². The van der Waals surface area contributed by atoms with E-state index >= 15 is 0 Å². The Morgan fingerprint density at radius 3 is 2.68 bits per heavy atom. The van der Waals surface area contributed by atoms with Crippen molar-refractivity contribution in [3.8, 4) is 0 Å². The molecule has 1 saturated heterocycles. The van der Waals surface area contributed by atoms with Crippen LogP contribution < -0.4 is 16.0 Å². The molecule has 2 amide bonds. The summed E-state index contributed by atoms with van der Waals surface area (Å²) in [6, 6.07) is 11.0. The Hall–Kier alpha value is -2.46. The molecule has 0 saturated carbocycles. The number of benzene rings is 2. The third-order valence-electron chi connectivity index (χ3n) is 7.08. The lowest BCUT2D eigenvalue weighted by atomic mass is 9.86. The van der Waals surface area contributed by atoms with Gasteiger partial charge in [-0.3, -0.25) is 9.59 Å². The first kappa shape index (κ1) is 28.5. The maximum atomic E-state index is 13.3. The number of amides is 2. The van der Waals surface area contributed by atoms with Gasteiger partial charge in [0, 0.05) is 18.1 Å². The summed E-state index contributed by atoms with van der Waals surface area (Å²) in [5.74, 6) is -0.195. The van der Waals surface area contributed by atoms with Crippen molar-refractivity contribution >= 4 is 33.4 Å². The van der Waals surface area contributed by atoms with Crippen molar-refractivity contribution in [2.24, 2.45) is 5.92 Å². The molecule has 0 aromatic heterocycles. The molecule has 0 spiro atoms. The second kappa shape index (κ2) is 12.6. The number of rotatable bonds is 10. The van der Waals surface area contributed by atoms with Gasteiger partial charge >= 0.3 is 0 Å². The lowest BCUT2D eigenvalue weighted by Crippen LogP contribution is -2.58. The Labute approximate surface area is 230 Å². The van der Waals surface area contributed by atoms with Gasteiger partial charge < -0.3 is 16.0 Å². The molecule has 3 N–H and O–H groups in total. The van der Waals surface area contributed by atoms with E-state index in [0.29, 0.717) is 10.9 Å². The van der Waals surface area contributed by atoms with Crippen LogP contribution in [0.2, 0.25) is 5.02 Å². The summed E-state index contributed by atoms with van der Waals surface area (Å²) in [5.41, 5.74) is 3.61. The first-order chi connectivity index (χ1) is 18.1. The molecule has 2 aromatic carbocycles. The number of nitrogens with zero attached hydrogens (tertiary/aromatic N) is 1. The molecule has 4 rings (SSSR count). The van der Waals surface area contributed by atoms with E-state index in [0.717, 1.165) is 48.6 Å². The van der Waals surface area contributed by atoms with Gasteiger partial charge in [-0.05, 0) is 85.6 Å². The molecule has 1 aliphatic carbocycles. The van der Waals surface area contributed by atoms with Crippen molar-refractivity contribution in [2.45, 2.75) is 62.9 Å². The van der Waals surface area contributed by atoms with E-state index in [-0.39, 0.29) is 36.4 Å². The van der Waals surface area contributed by atoms with Gasteiger partial charge in [-0.1, -0.05) is 43.6 Å². The van der Waals surface area contributed by atoms with Crippen LogP contribution in [-0.4, -0.2) is 56.8 Å². The Morgan fingerprint density at radius 2 is 1.95 bits per heavy atom. The fourth-order valence-corrected chi connectivity index (χ4v) is 6.86. The monoisotopic (exact) mass is 560 g/mol. The van der Waals surface area contributed by atoms with E-state index in [9.17, 15) is 18.0 Å². The smallest absolute Gasteiger partial charge is 0.243 e. The van der Waals surface area contributed by atoms with E-state index in [1.54, 1.807) is 0 Å². The molecule has 38 heavy (non-hydrogen) atoms. The van der Waals surface area contributed by atoms with E-state index < -0.39 is 22.0 Å². The molecule has 1 unspecified atom stereocenters. The van der Waals surface area contributed by atoms with Gasteiger partial charge in [-0.15, -0.1) is 0 Å². The zero-order chi connectivity index (χ0) is 27.3. The Morgan fingerprint density at radius 1 is 1.18 bits per heavy atom. The SMILES string of the molecule is CC(C)CNCCc1ccc2c(c1)CCC[C@H]2NC(=O)CC1C(=O)NCCN1S(=O)(=O)c1ccc(Cl)cc1. The van der Waals surface area contributed by atoms with Crippen molar-refractivity contribution in [1.82, 2.24) is 20.3 Å². The summed E-state index contributed by atoms with van der Waals surface area (Å²) in [5, 5.41) is 9.67. The molecule has 0 radical (unpaired) electrons.